The van der Waals surface area contributed by atoms with Crippen LogP contribution in [-0.4, -0.2) is 25.8 Å². The van der Waals surface area contributed by atoms with Crippen molar-refractivity contribution in [3.05, 3.63) is 34.6 Å². The van der Waals surface area contributed by atoms with E-state index in [1.807, 2.05) is 6.92 Å². The van der Waals surface area contributed by atoms with Crippen LogP contribution in [-0.2, 0) is 11.2 Å². The minimum absolute atomic E-state index is 0.175. The number of hydrogen-bond donors (Lipinski definition) is 1. The van der Waals surface area contributed by atoms with Crippen molar-refractivity contribution in [1.29, 1.82) is 0 Å². The third-order valence-electron chi connectivity index (χ3n) is 2.48. The monoisotopic (exact) mass is 259 g/mol. The number of halogens is 2. The molecule has 96 valence electrons. The molecule has 0 amide bonds. The summed E-state index contributed by atoms with van der Waals surface area (Å²) in [5.74, 6) is -0.375. The third kappa shape index (κ3) is 5.02. The first-order valence-corrected chi connectivity index (χ1v) is 6.30. The van der Waals surface area contributed by atoms with Crippen LogP contribution in [0.25, 0.3) is 0 Å². The Bertz CT molecular complexity index is 346. The lowest BCUT2D eigenvalue weighted by Crippen LogP contribution is -2.35. The van der Waals surface area contributed by atoms with E-state index in [0.717, 1.165) is 18.5 Å². The van der Waals surface area contributed by atoms with Gasteiger partial charge in [-0.05, 0) is 37.6 Å². The molecule has 4 heteroatoms. The molecule has 0 spiro atoms. The van der Waals surface area contributed by atoms with Gasteiger partial charge in [-0.3, -0.25) is 0 Å². The molecule has 0 fully saturated rings. The predicted octanol–water partition coefficient (Wildman–Crippen LogP) is 3.04. The van der Waals surface area contributed by atoms with Crippen molar-refractivity contribution in [3.8, 4) is 0 Å². The van der Waals surface area contributed by atoms with Gasteiger partial charge in [-0.2, -0.15) is 0 Å². The first-order valence-electron chi connectivity index (χ1n) is 5.92. The molecule has 0 aromatic heterocycles. The van der Waals surface area contributed by atoms with Crippen LogP contribution in [0.2, 0.25) is 5.02 Å². The lowest BCUT2D eigenvalue weighted by atomic mass is 10.1. The van der Waals surface area contributed by atoms with Gasteiger partial charge in [-0.15, -0.1) is 0 Å². The Morgan fingerprint density at radius 3 is 2.76 bits per heavy atom. The van der Waals surface area contributed by atoms with E-state index >= 15 is 0 Å². The van der Waals surface area contributed by atoms with Crippen molar-refractivity contribution in [2.75, 3.05) is 19.8 Å². The second-order valence-electron chi connectivity index (χ2n) is 3.87. The fourth-order valence-corrected chi connectivity index (χ4v) is 1.89. The lowest BCUT2D eigenvalue weighted by Gasteiger charge is -2.17. The highest BCUT2D eigenvalue weighted by Crippen LogP contribution is 2.17. The molecule has 0 heterocycles. The summed E-state index contributed by atoms with van der Waals surface area (Å²) >= 11 is 5.75. The zero-order chi connectivity index (χ0) is 12.7. The molecule has 0 aliphatic heterocycles. The smallest absolute Gasteiger partial charge is 0.141 e. The van der Waals surface area contributed by atoms with Gasteiger partial charge in [-0.25, -0.2) is 4.39 Å². The summed E-state index contributed by atoms with van der Waals surface area (Å²) in [5, 5.41) is 3.51. The summed E-state index contributed by atoms with van der Waals surface area (Å²) in [4.78, 5) is 0. The van der Waals surface area contributed by atoms with E-state index in [4.69, 9.17) is 16.3 Å². The lowest BCUT2D eigenvalue weighted by molar-refractivity contribution is 0.123. The van der Waals surface area contributed by atoms with E-state index in [1.54, 1.807) is 12.1 Å². The molecule has 2 nitrogen and oxygen atoms in total. The van der Waals surface area contributed by atoms with E-state index in [-0.39, 0.29) is 16.9 Å². The fraction of sp³-hybridized carbons (Fsp3) is 0.538. The molecule has 17 heavy (non-hydrogen) atoms. The Morgan fingerprint density at radius 2 is 2.18 bits per heavy atom. The van der Waals surface area contributed by atoms with Crippen molar-refractivity contribution in [1.82, 2.24) is 5.32 Å². The van der Waals surface area contributed by atoms with E-state index in [9.17, 15) is 4.39 Å². The predicted molar refractivity (Wildman–Crippen MR) is 69.1 cm³/mol. The normalized spacial score (nSPS) is 12.7. The summed E-state index contributed by atoms with van der Waals surface area (Å²) in [6, 6.07) is 5.08. The van der Waals surface area contributed by atoms with Crippen molar-refractivity contribution in [2.45, 2.75) is 26.3 Å². The summed E-state index contributed by atoms with van der Waals surface area (Å²) in [5.41, 5.74) is 1.02. The number of rotatable bonds is 7. The van der Waals surface area contributed by atoms with Gasteiger partial charge in [0.2, 0.25) is 0 Å². The highest BCUT2D eigenvalue weighted by molar-refractivity contribution is 6.30. The molecule has 1 N–H and O–H groups in total. The quantitative estimate of drug-likeness (QED) is 0.813. The van der Waals surface area contributed by atoms with Gasteiger partial charge >= 0.3 is 0 Å². The minimum atomic E-state index is -0.375. The van der Waals surface area contributed by atoms with E-state index in [2.05, 4.69) is 12.2 Å². The molecular weight excluding hydrogens is 241 g/mol. The molecule has 0 saturated heterocycles. The molecule has 0 aliphatic rings. The van der Waals surface area contributed by atoms with E-state index in [1.165, 1.54) is 6.07 Å². The third-order valence-corrected chi connectivity index (χ3v) is 2.77. The van der Waals surface area contributed by atoms with Crippen LogP contribution >= 0.6 is 11.6 Å². The standard InChI is InChI=1S/C13H19ClFNO/c1-3-16-11(9-17-4-2)7-10-5-6-13(15)12(14)8-10/h5-6,8,11,16H,3-4,7,9H2,1-2H3. The van der Waals surface area contributed by atoms with Crippen molar-refractivity contribution in [2.24, 2.45) is 0 Å². The molecule has 1 aromatic rings. The number of hydrogen-bond acceptors (Lipinski definition) is 2. The minimum Gasteiger partial charge on any atom is -0.380 e. The average Bonchev–Trinajstić information content (AvgIpc) is 2.31. The Morgan fingerprint density at radius 1 is 1.41 bits per heavy atom. The van der Waals surface area contributed by atoms with Crippen LogP contribution in [0, 0.1) is 5.82 Å². The first-order chi connectivity index (χ1) is 8.17. The van der Waals surface area contributed by atoms with E-state index in [0.29, 0.717) is 13.2 Å². The highest BCUT2D eigenvalue weighted by Gasteiger charge is 2.09. The molecule has 1 unspecified atom stereocenters. The summed E-state index contributed by atoms with van der Waals surface area (Å²) in [7, 11) is 0. The van der Waals surface area contributed by atoms with Crippen molar-refractivity contribution < 1.29 is 9.13 Å². The number of nitrogens with one attached hydrogen (secondary N) is 1. The summed E-state index contributed by atoms with van der Waals surface area (Å²) in [6.07, 6.45) is 0.786. The van der Waals surface area contributed by atoms with E-state index < -0.39 is 0 Å². The summed E-state index contributed by atoms with van der Waals surface area (Å²) in [6.45, 7) is 6.26. The Kier molecular flexibility index (Phi) is 6.48. The largest absolute Gasteiger partial charge is 0.380 e. The van der Waals surface area contributed by atoms with Gasteiger partial charge in [0, 0.05) is 12.6 Å². The Labute approximate surface area is 107 Å². The maximum atomic E-state index is 13.0. The number of benzene rings is 1. The molecule has 1 atom stereocenters. The van der Waals surface area contributed by atoms with Gasteiger partial charge in [0.15, 0.2) is 0 Å². The van der Waals surface area contributed by atoms with Gasteiger partial charge in [0.1, 0.15) is 5.82 Å². The maximum Gasteiger partial charge on any atom is 0.141 e. The summed E-state index contributed by atoms with van der Waals surface area (Å²) < 4.78 is 18.4. The van der Waals surface area contributed by atoms with Crippen LogP contribution in [0.3, 0.4) is 0 Å². The van der Waals surface area contributed by atoms with Crippen molar-refractivity contribution >= 4 is 11.6 Å². The molecule has 1 aromatic carbocycles. The molecular formula is C13H19ClFNO. The van der Waals surface area contributed by atoms with Crippen LogP contribution in [0.15, 0.2) is 18.2 Å². The maximum absolute atomic E-state index is 13.0. The topological polar surface area (TPSA) is 21.3 Å². The zero-order valence-electron chi connectivity index (χ0n) is 10.3. The van der Waals surface area contributed by atoms with Gasteiger partial charge in [0.05, 0.1) is 11.6 Å². The fourth-order valence-electron chi connectivity index (χ4n) is 1.69. The van der Waals surface area contributed by atoms with Crippen LogP contribution < -0.4 is 5.32 Å². The molecule has 0 radical (unpaired) electrons. The van der Waals surface area contributed by atoms with Crippen LogP contribution in [0.1, 0.15) is 19.4 Å². The zero-order valence-corrected chi connectivity index (χ0v) is 11.1. The Balaban J connectivity index is 2.61. The Hall–Kier alpha value is -0.640. The van der Waals surface area contributed by atoms with Crippen LogP contribution in [0.4, 0.5) is 4.39 Å². The SMILES string of the molecule is CCNC(COCC)Cc1ccc(F)c(Cl)c1. The number of likely N-dealkylation sites (N-methyl/N-ethyl adjacent to an activating group) is 1. The molecule has 0 aliphatic carbocycles. The molecule has 1 rings (SSSR count). The second-order valence-corrected chi connectivity index (χ2v) is 4.27. The van der Waals surface area contributed by atoms with Crippen LogP contribution in [0.5, 0.6) is 0 Å². The second kappa shape index (κ2) is 7.64. The molecule has 0 saturated carbocycles. The average molecular weight is 260 g/mol. The highest BCUT2D eigenvalue weighted by atomic mass is 35.5. The van der Waals surface area contributed by atoms with Gasteiger partial charge in [0.25, 0.3) is 0 Å². The van der Waals surface area contributed by atoms with Gasteiger partial charge < -0.3 is 10.1 Å². The van der Waals surface area contributed by atoms with Gasteiger partial charge in [-0.1, -0.05) is 24.6 Å². The number of ether oxygens (including phenoxy) is 1. The first kappa shape index (κ1) is 14.4. The molecule has 0 bridgehead atoms. The van der Waals surface area contributed by atoms with Crippen molar-refractivity contribution in [3.63, 3.8) is 0 Å².